The third kappa shape index (κ3) is 1.41. The van der Waals surface area contributed by atoms with Crippen molar-refractivity contribution in [2.45, 2.75) is 13.0 Å². The lowest BCUT2D eigenvalue weighted by Gasteiger charge is -2.25. The van der Waals surface area contributed by atoms with E-state index in [4.69, 9.17) is 0 Å². The van der Waals surface area contributed by atoms with E-state index in [2.05, 4.69) is 28.0 Å². The molecule has 0 amide bonds. The van der Waals surface area contributed by atoms with Gasteiger partial charge in [-0.05, 0) is 13.2 Å². The zero-order chi connectivity index (χ0) is 9.42. The van der Waals surface area contributed by atoms with Crippen LogP contribution in [0.4, 0.5) is 0 Å². The summed E-state index contributed by atoms with van der Waals surface area (Å²) in [5, 5.41) is 1.05. The average Bonchev–Trinajstić information content (AvgIpc) is 2.47. The molecule has 0 aromatic carbocycles. The van der Waals surface area contributed by atoms with E-state index >= 15 is 0 Å². The standard InChI is InChI=1S/C8H12BN3S/c1-5-3-10-7-8(13-2)11-6(9)4-12(5)7/h4-5H,3,9H2,1-2H3. The first-order valence-corrected chi connectivity index (χ1v) is 5.59. The Morgan fingerprint density at radius 1 is 1.69 bits per heavy atom. The first-order valence-electron chi connectivity index (χ1n) is 4.36. The van der Waals surface area contributed by atoms with Gasteiger partial charge in [0.2, 0.25) is 0 Å². The predicted molar refractivity (Wildman–Crippen MR) is 61.2 cm³/mol. The molecule has 68 valence electrons. The number of rotatable bonds is 0. The fraction of sp³-hybridized carbons (Fsp3) is 0.500. The second kappa shape index (κ2) is 3.22. The van der Waals surface area contributed by atoms with Crippen molar-refractivity contribution in [3.05, 3.63) is 11.8 Å². The third-order valence-electron chi connectivity index (χ3n) is 2.21. The first-order chi connectivity index (χ1) is 6.22. The van der Waals surface area contributed by atoms with Gasteiger partial charge in [0.15, 0.2) is 13.7 Å². The fourth-order valence-corrected chi connectivity index (χ4v) is 2.13. The largest absolute Gasteiger partial charge is 0.325 e. The number of fused-ring (bicyclic) bond motifs is 1. The van der Waals surface area contributed by atoms with E-state index < -0.39 is 0 Å². The number of thioether (sulfide) groups is 1. The SMILES string of the molecule is BC1=CN2C(=NCC2C)C(SC)=N1. The number of aliphatic imine (C=N–C) groups is 2. The molecule has 3 nitrogen and oxygen atoms in total. The summed E-state index contributed by atoms with van der Waals surface area (Å²) in [5.74, 6) is 1.05. The maximum atomic E-state index is 4.47. The molecule has 2 aliphatic heterocycles. The van der Waals surface area contributed by atoms with Crippen LogP contribution in [0.5, 0.6) is 0 Å². The van der Waals surface area contributed by atoms with Crippen LogP contribution in [0.2, 0.25) is 0 Å². The summed E-state index contributed by atoms with van der Waals surface area (Å²) < 4.78 is 0. The normalized spacial score (nSPS) is 26.5. The number of amidine groups is 1. The Morgan fingerprint density at radius 2 is 2.46 bits per heavy atom. The van der Waals surface area contributed by atoms with Crippen molar-refractivity contribution in [1.82, 2.24) is 4.90 Å². The molecule has 1 atom stereocenters. The molecule has 5 heteroatoms. The van der Waals surface area contributed by atoms with Gasteiger partial charge in [0.25, 0.3) is 0 Å². The minimum Gasteiger partial charge on any atom is -0.325 e. The molecule has 0 aromatic rings. The summed E-state index contributed by atoms with van der Waals surface area (Å²) in [6.07, 6.45) is 4.12. The Kier molecular flexibility index (Phi) is 2.19. The van der Waals surface area contributed by atoms with Gasteiger partial charge in [-0.1, -0.05) is 0 Å². The van der Waals surface area contributed by atoms with E-state index in [-0.39, 0.29) is 0 Å². The molecule has 2 heterocycles. The van der Waals surface area contributed by atoms with Crippen LogP contribution in [0.3, 0.4) is 0 Å². The van der Waals surface area contributed by atoms with Gasteiger partial charge in [0.05, 0.1) is 12.6 Å². The Bertz CT molecular complexity index is 321. The Morgan fingerprint density at radius 3 is 3.15 bits per heavy atom. The van der Waals surface area contributed by atoms with Crippen molar-refractivity contribution in [1.29, 1.82) is 0 Å². The molecule has 0 saturated carbocycles. The molecule has 0 fully saturated rings. The molecule has 2 rings (SSSR count). The van der Waals surface area contributed by atoms with Crippen molar-refractivity contribution < 1.29 is 0 Å². The van der Waals surface area contributed by atoms with Gasteiger partial charge in [-0.3, -0.25) is 9.98 Å². The zero-order valence-corrected chi connectivity index (χ0v) is 8.93. The van der Waals surface area contributed by atoms with Gasteiger partial charge >= 0.3 is 0 Å². The van der Waals surface area contributed by atoms with E-state index in [0.29, 0.717) is 6.04 Å². The van der Waals surface area contributed by atoms with E-state index in [1.807, 2.05) is 14.1 Å². The molecule has 0 radical (unpaired) electrons. The lowest BCUT2D eigenvalue weighted by Crippen LogP contribution is -2.35. The monoisotopic (exact) mass is 193 g/mol. The molecule has 0 saturated heterocycles. The maximum absolute atomic E-state index is 4.47. The van der Waals surface area contributed by atoms with Crippen LogP contribution in [-0.4, -0.2) is 42.5 Å². The van der Waals surface area contributed by atoms with Crippen LogP contribution >= 0.6 is 11.8 Å². The number of hydrogen-bond donors (Lipinski definition) is 0. The topological polar surface area (TPSA) is 28.0 Å². The molecule has 0 spiro atoms. The van der Waals surface area contributed by atoms with E-state index in [0.717, 1.165) is 23.0 Å². The molecule has 13 heavy (non-hydrogen) atoms. The minimum absolute atomic E-state index is 0.489. The number of hydrogen-bond acceptors (Lipinski definition) is 4. The first kappa shape index (κ1) is 8.87. The molecule has 2 aliphatic rings. The van der Waals surface area contributed by atoms with Crippen molar-refractivity contribution in [3.63, 3.8) is 0 Å². The van der Waals surface area contributed by atoms with Crippen molar-refractivity contribution in [3.8, 4) is 0 Å². The van der Waals surface area contributed by atoms with Gasteiger partial charge in [0, 0.05) is 11.8 Å². The highest BCUT2D eigenvalue weighted by Gasteiger charge is 2.28. The summed E-state index contributed by atoms with van der Waals surface area (Å²) in [5.41, 5.74) is 1.07. The highest BCUT2D eigenvalue weighted by Crippen LogP contribution is 2.21. The maximum Gasteiger partial charge on any atom is 0.165 e. The Labute approximate surface area is 83.4 Å². The van der Waals surface area contributed by atoms with Crippen molar-refractivity contribution in [2.24, 2.45) is 9.98 Å². The summed E-state index contributed by atoms with van der Waals surface area (Å²) >= 11 is 1.66. The fourth-order valence-electron chi connectivity index (χ4n) is 1.54. The predicted octanol–water partition coefficient (Wildman–Crippen LogP) is 0.296. The van der Waals surface area contributed by atoms with Crippen LogP contribution in [0.15, 0.2) is 21.8 Å². The second-order valence-corrected chi connectivity index (χ2v) is 4.11. The van der Waals surface area contributed by atoms with Gasteiger partial charge in [-0.2, -0.15) is 0 Å². The molecular formula is C8H12BN3S. The van der Waals surface area contributed by atoms with Crippen molar-refractivity contribution in [2.75, 3.05) is 12.8 Å². The Hall–Kier alpha value is -0.705. The van der Waals surface area contributed by atoms with Gasteiger partial charge < -0.3 is 4.90 Å². The van der Waals surface area contributed by atoms with Crippen molar-refractivity contribution >= 4 is 30.5 Å². The molecule has 0 bridgehead atoms. The van der Waals surface area contributed by atoms with Crippen LogP contribution in [0.25, 0.3) is 0 Å². The molecule has 0 aromatic heterocycles. The lowest BCUT2D eigenvalue weighted by molar-refractivity contribution is 0.474. The van der Waals surface area contributed by atoms with Crippen LogP contribution in [-0.2, 0) is 0 Å². The average molecular weight is 193 g/mol. The molecule has 1 unspecified atom stereocenters. The second-order valence-electron chi connectivity index (χ2n) is 3.31. The lowest BCUT2D eigenvalue weighted by atomic mass is 10.1. The number of nitrogens with zero attached hydrogens (tertiary/aromatic N) is 3. The third-order valence-corrected chi connectivity index (χ3v) is 2.87. The minimum atomic E-state index is 0.489. The summed E-state index contributed by atoms with van der Waals surface area (Å²) in [4.78, 5) is 11.1. The van der Waals surface area contributed by atoms with E-state index in [1.54, 1.807) is 11.8 Å². The van der Waals surface area contributed by atoms with E-state index in [9.17, 15) is 0 Å². The summed E-state index contributed by atoms with van der Waals surface area (Å²) in [7, 11) is 2.03. The van der Waals surface area contributed by atoms with E-state index in [1.165, 1.54) is 0 Å². The van der Waals surface area contributed by atoms with Gasteiger partial charge in [-0.25, -0.2) is 0 Å². The van der Waals surface area contributed by atoms with Crippen LogP contribution in [0, 0.1) is 0 Å². The highest BCUT2D eigenvalue weighted by molar-refractivity contribution is 8.15. The Balaban J connectivity index is 2.36. The quantitative estimate of drug-likeness (QED) is 0.517. The molecule has 0 aliphatic carbocycles. The molecular weight excluding hydrogens is 181 g/mol. The van der Waals surface area contributed by atoms with Crippen LogP contribution < -0.4 is 0 Å². The highest BCUT2D eigenvalue weighted by atomic mass is 32.2. The summed E-state index contributed by atoms with van der Waals surface area (Å²) in [6.45, 7) is 3.07. The summed E-state index contributed by atoms with van der Waals surface area (Å²) in [6, 6.07) is 0.489. The van der Waals surface area contributed by atoms with Gasteiger partial charge in [-0.15, -0.1) is 11.8 Å². The zero-order valence-electron chi connectivity index (χ0n) is 8.11. The van der Waals surface area contributed by atoms with Gasteiger partial charge in [0.1, 0.15) is 5.04 Å². The van der Waals surface area contributed by atoms with Crippen LogP contribution in [0.1, 0.15) is 6.92 Å². The smallest absolute Gasteiger partial charge is 0.165 e. The molecule has 0 N–H and O–H groups in total.